The second kappa shape index (κ2) is 5.15. The molecule has 0 saturated carbocycles. The largest absolute Gasteiger partial charge is 0.396 e. The normalized spacial score (nSPS) is 23.1. The van der Waals surface area contributed by atoms with Crippen molar-refractivity contribution >= 4 is 17.5 Å². The average molecular weight is 277 g/mol. The Bertz CT molecular complexity index is 527. The molecule has 2 aliphatic rings. The number of carbonyl (C=O) groups excluding carboxylic acids is 2. The Morgan fingerprint density at radius 3 is 2.90 bits per heavy atom. The van der Waals surface area contributed by atoms with E-state index in [1.54, 1.807) is 26.9 Å². The Labute approximate surface area is 117 Å². The molecule has 0 bridgehead atoms. The fraction of sp³-hybridized carbons (Fsp3) is 0.615. The minimum Gasteiger partial charge on any atom is -0.396 e. The lowest BCUT2D eigenvalue weighted by atomic mass is 9.98. The third-order valence-corrected chi connectivity index (χ3v) is 4.00. The van der Waals surface area contributed by atoms with Gasteiger partial charge in [-0.25, -0.2) is 0 Å². The number of rotatable bonds is 3. The molecular weight excluding hydrogens is 258 g/mol. The zero-order valence-electron chi connectivity index (χ0n) is 11.4. The Morgan fingerprint density at radius 1 is 1.30 bits per heavy atom. The number of carbonyl (C=O) groups is 2. The lowest BCUT2D eigenvalue weighted by Crippen LogP contribution is -2.61. The molecule has 108 valence electrons. The molecule has 1 aromatic rings. The first-order valence-corrected chi connectivity index (χ1v) is 7.01. The number of anilines is 1. The summed E-state index contributed by atoms with van der Waals surface area (Å²) in [5.41, 5.74) is 6.20. The molecule has 1 aromatic heterocycles. The van der Waals surface area contributed by atoms with Crippen LogP contribution in [0.3, 0.4) is 0 Å². The monoisotopic (exact) mass is 277 g/mol. The van der Waals surface area contributed by atoms with Gasteiger partial charge in [-0.3, -0.25) is 14.3 Å². The summed E-state index contributed by atoms with van der Waals surface area (Å²) in [5.74, 6) is 0.138. The summed E-state index contributed by atoms with van der Waals surface area (Å²) in [5, 5.41) is 4.08. The number of nitrogens with zero attached hydrogens (tertiary/aromatic N) is 4. The van der Waals surface area contributed by atoms with Crippen molar-refractivity contribution in [2.24, 2.45) is 0 Å². The van der Waals surface area contributed by atoms with Crippen LogP contribution in [-0.2, 0) is 16.1 Å². The summed E-state index contributed by atoms with van der Waals surface area (Å²) < 4.78 is 1.69. The molecule has 0 radical (unpaired) electrons. The van der Waals surface area contributed by atoms with Gasteiger partial charge in [0.2, 0.25) is 11.8 Å². The first-order chi connectivity index (χ1) is 9.65. The van der Waals surface area contributed by atoms with E-state index < -0.39 is 0 Å². The van der Waals surface area contributed by atoms with E-state index in [1.807, 2.05) is 0 Å². The number of fused-ring (bicyclic) bond motifs is 1. The zero-order chi connectivity index (χ0) is 14.1. The minimum atomic E-state index is -0.243. The summed E-state index contributed by atoms with van der Waals surface area (Å²) in [6, 6.07) is -0.243. The molecule has 7 heteroatoms. The van der Waals surface area contributed by atoms with Crippen molar-refractivity contribution in [1.82, 2.24) is 19.6 Å². The second-order valence-corrected chi connectivity index (χ2v) is 5.40. The van der Waals surface area contributed by atoms with Gasteiger partial charge in [-0.15, -0.1) is 0 Å². The molecule has 0 aliphatic carbocycles. The molecule has 3 heterocycles. The summed E-state index contributed by atoms with van der Waals surface area (Å²) in [6.45, 7) is 1.96. The van der Waals surface area contributed by atoms with E-state index >= 15 is 0 Å². The Morgan fingerprint density at radius 2 is 2.15 bits per heavy atom. The molecule has 2 amide bonds. The number of piperidine rings is 1. The van der Waals surface area contributed by atoms with E-state index in [9.17, 15) is 9.59 Å². The van der Waals surface area contributed by atoms with Gasteiger partial charge in [0.25, 0.3) is 0 Å². The molecule has 7 nitrogen and oxygen atoms in total. The molecule has 3 rings (SSSR count). The smallest absolute Gasteiger partial charge is 0.245 e. The first kappa shape index (κ1) is 13.0. The van der Waals surface area contributed by atoms with Crippen LogP contribution in [0, 0.1) is 0 Å². The number of piperazine rings is 1. The van der Waals surface area contributed by atoms with Gasteiger partial charge < -0.3 is 15.5 Å². The van der Waals surface area contributed by atoms with Gasteiger partial charge in [0.1, 0.15) is 6.04 Å². The Balaban J connectivity index is 1.64. The van der Waals surface area contributed by atoms with Crippen LogP contribution in [0.2, 0.25) is 0 Å². The van der Waals surface area contributed by atoms with Crippen LogP contribution in [0.1, 0.15) is 19.3 Å². The van der Waals surface area contributed by atoms with Gasteiger partial charge in [0, 0.05) is 19.3 Å². The number of hydrogen-bond donors (Lipinski definition) is 1. The van der Waals surface area contributed by atoms with Crippen molar-refractivity contribution in [3.63, 3.8) is 0 Å². The van der Waals surface area contributed by atoms with Gasteiger partial charge in [0.05, 0.1) is 25.0 Å². The van der Waals surface area contributed by atoms with Crippen LogP contribution < -0.4 is 5.73 Å². The van der Waals surface area contributed by atoms with E-state index in [1.165, 1.54) is 0 Å². The SMILES string of the molecule is Nc1cnn(CCN2CC(=O)N3CCCCC3C2=O)c1. The van der Waals surface area contributed by atoms with E-state index in [0.717, 1.165) is 25.8 Å². The predicted octanol–water partition coefficient (Wildman–Crippen LogP) is -0.311. The average Bonchev–Trinajstić information content (AvgIpc) is 2.87. The summed E-state index contributed by atoms with van der Waals surface area (Å²) in [4.78, 5) is 27.9. The summed E-state index contributed by atoms with van der Waals surface area (Å²) in [7, 11) is 0. The van der Waals surface area contributed by atoms with Gasteiger partial charge in [-0.05, 0) is 19.3 Å². The maximum absolute atomic E-state index is 12.4. The summed E-state index contributed by atoms with van der Waals surface area (Å²) >= 11 is 0. The van der Waals surface area contributed by atoms with Crippen LogP contribution in [0.15, 0.2) is 12.4 Å². The number of amides is 2. The molecule has 2 fully saturated rings. The van der Waals surface area contributed by atoms with Crippen LogP contribution in [-0.4, -0.2) is 57.1 Å². The molecule has 2 saturated heterocycles. The molecule has 2 N–H and O–H groups in total. The molecule has 0 spiro atoms. The molecule has 1 atom stereocenters. The van der Waals surface area contributed by atoms with Gasteiger partial charge in [0.15, 0.2) is 0 Å². The fourth-order valence-electron chi connectivity index (χ4n) is 2.94. The van der Waals surface area contributed by atoms with E-state index in [4.69, 9.17) is 5.73 Å². The lowest BCUT2D eigenvalue weighted by molar-refractivity contribution is -0.157. The standard InChI is InChI=1S/C13H19N5O2/c14-10-7-15-17(8-10)6-5-16-9-12(19)18-4-2-1-3-11(18)13(16)20/h7-8,11H,1-6,9,14H2. The van der Waals surface area contributed by atoms with E-state index in [-0.39, 0.29) is 24.4 Å². The van der Waals surface area contributed by atoms with Crippen molar-refractivity contribution in [3.05, 3.63) is 12.4 Å². The first-order valence-electron chi connectivity index (χ1n) is 7.01. The van der Waals surface area contributed by atoms with Crippen LogP contribution in [0.5, 0.6) is 0 Å². The number of nitrogens with two attached hydrogens (primary N) is 1. The maximum Gasteiger partial charge on any atom is 0.245 e. The summed E-state index contributed by atoms with van der Waals surface area (Å²) in [6.07, 6.45) is 6.11. The van der Waals surface area contributed by atoms with Crippen LogP contribution in [0.25, 0.3) is 0 Å². The van der Waals surface area contributed by atoms with Crippen LogP contribution >= 0.6 is 0 Å². The van der Waals surface area contributed by atoms with E-state index in [0.29, 0.717) is 18.8 Å². The van der Waals surface area contributed by atoms with Crippen LogP contribution in [0.4, 0.5) is 5.69 Å². The Kier molecular flexibility index (Phi) is 3.33. The Hall–Kier alpha value is -2.05. The predicted molar refractivity (Wildman–Crippen MR) is 72.6 cm³/mol. The number of nitrogen functional groups attached to an aromatic ring is 1. The third kappa shape index (κ3) is 2.35. The highest BCUT2D eigenvalue weighted by atomic mass is 16.2. The van der Waals surface area contributed by atoms with Gasteiger partial charge in [-0.2, -0.15) is 5.10 Å². The lowest BCUT2D eigenvalue weighted by Gasteiger charge is -2.42. The highest BCUT2D eigenvalue weighted by molar-refractivity contribution is 5.95. The fourth-order valence-corrected chi connectivity index (χ4v) is 2.94. The second-order valence-electron chi connectivity index (χ2n) is 5.40. The molecular formula is C13H19N5O2. The van der Waals surface area contributed by atoms with Gasteiger partial charge >= 0.3 is 0 Å². The van der Waals surface area contributed by atoms with Crippen molar-refractivity contribution in [2.45, 2.75) is 31.8 Å². The number of aromatic nitrogens is 2. The van der Waals surface area contributed by atoms with Crippen molar-refractivity contribution in [2.75, 3.05) is 25.4 Å². The van der Waals surface area contributed by atoms with E-state index in [2.05, 4.69) is 5.10 Å². The highest BCUT2D eigenvalue weighted by Gasteiger charge is 2.39. The molecule has 20 heavy (non-hydrogen) atoms. The van der Waals surface area contributed by atoms with Crippen molar-refractivity contribution in [1.29, 1.82) is 0 Å². The molecule has 1 unspecified atom stereocenters. The topological polar surface area (TPSA) is 84.5 Å². The minimum absolute atomic E-state index is 0.0641. The third-order valence-electron chi connectivity index (χ3n) is 4.00. The zero-order valence-corrected chi connectivity index (χ0v) is 11.4. The van der Waals surface area contributed by atoms with Gasteiger partial charge in [-0.1, -0.05) is 0 Å². The quantitative estimate of drug-likeness (QED) is 0.821. The highest BCUT2D eigenvalue weighted by Crippen LogP contribution is 2.22. The molecule has 2 aliphatic heterocycles. The number of hydrogen-bond acceptors (Lipinski definition) is 4. The van der Waals surface area contributed by atoms with Crippen molar-refractivity contribution in [3.8, 4) is 0 Å². The van der Waals surface area contributed by atoms with Crippen molar-refractivity contribution < 1.29 is 9.59 Å². The molecule has 0 aromatic carbocycles. The maximum atomic E-state index is 12.4.